The first-order valence-corrected chi connectivity index (χ1v) is 9.04. The smallest absolute Gasteiger partial charge is 0.0332 e. The summed E-state index contributed by atoms with van der Waals surface area (Å²) in [5.41, 5.74) is 7.75. The Morgan fingerprint density at radius 1 is 1.33 bits per heavy atom. The molecule has 0 heterocycles. The van der Waals surface area contributed by atoms with Gasteiger partial charge in [-0.3, -0.25) is 4.90 Å². The van der Waals surface area contributed by atoms with E-state index in [9.17, 15) is 0 Å². The minimum absolute atomic E-state index is 0.201. The second-order valence-electron chi connectivity index (χ2n) is 6.65. The van der Waals surface area contributed by atoms with E-state index < -0.39 is 0 Å². The Kier molecular flexibility index (Phi) is 6.27. The van der Waals surface area contributed by atoms with E-state index in [0.29, 0.717) is 0 Å². The van der Waals surface area contributed by atoms with Crippen LogP contribution in [0.25, 0.3) is 0 Å². The van der Waals surface area contributed by atoms with Gasteiger partial charge in [0.25, 0.3) is 0 Å². The highest BCUT2D eigenvalue weighted by Crippen LogP contribution is 2.37. The quantitative estimate of drug-likeness (QED) is 0.812. The maximum absolute atomic E-state index is 6.19. The fraction of sp³-hybridized carbons (Fsp3) is 0.667. The van der Waals surface area contributed by atoms with E-state index in [4.69, 9.17) is 5.73 Å². The third-order valence-electron chi connectivity index (χ3n) is 5.23. The molecule has 0 amide bonds. The molecule has 0 aromatic heterocycles. The summed E-state index contributed by atoms with van der Waals surface area (Å²) in [6.07, 6.45) is 7.88. The topological polar surface area (TPSA) is 29.3 Å². The van der Waals surface area contributed by atoms with Crippen molar-refractivity contribution in [2.24, 2.45) is 11.7 Å². The Morgan fingerprint density at radius 2 is 2.05 bits per heavy atom. The Balaban J connectivity index is 2.00. The predicted octanol–water partition coefficient (Wildman–Crippen LogP) is 4.57. The summed E-state index contributed by atoms with van der Waals surface area (Å²) in [4.78, 5) is 2.50. The molecular formula is C18H29BrN2. The zero-order valence-corrected chi connectivity index (χ0v) is 15.0. The van der Waals surface area contributed by atoms with Gasteiger partial charge in [-0.05, 0) is 56.3 Å². The average molecular weight is 353 g/mol. The standard InChI is InChI=1S/C18H29BrN2/c1-3-5-15-8-10-18(14-20,11-9-15)21(2)13-16-6-4-7-17(19)12-16/h4,6-7,12,15H,3,5,8-11,13-14,20H2,1-2H3. The highest BCUT2D eigenvalue weighted by atomic mass is 79.9. The van der Waals surface area contributed by atoms with Crippen molar-refractivity contribution < 1.29 is 0 Å². The molecule has 0 unspecified atom stereocenters. The Morgan fingerprint density at radius 3 is 2.62 bits per heavy atom. The molecule has 1 aromatic rings. The Bertz CT molecular complexity index is 439. The lowest BCUT2D eigenvalue weighted by Gasteiger charge is -2.46. The van der Waals surface area contributed by atoms with Crippen LogP contribution >= 0.6 is 15.9 Å². The number of halogens is 1. The first-order chi connectivity index (χ1) is 10.1. The molecule has 1 aliphatic carbocycles. The van der Waals surface area contributed by atoms with Crippen molar-refractivity contribution in [2.45, 2.75) is 57.5 Å². The molecule has 21 heavy (non-hydrogen) atoms. The Hall–Kier alpha value is -0.380. The molecule has 0 spiro atoms. The molecule has 2 nitrogen and oxygen atoms in total. The van der Waals surface area contributed by atoms with Crippen molar-refractivity contribution in [1.29, 1.82) is 0 Å². The van der Waals surface area contributed by atoms with Crippen LogP contribution in [-0.4, -0.2) is 24.0 Å². The van der Waals surface area contributed by atoms with E-state index in [1.165, 1.54) is 44.1 Å². The molecule has 1 aliphatic rings. The van der Waals surface area contributed by atoms with Gasteiger partial charge >= 0.3 is 0 Å². The molecule has 2 rings (SSSR count). The van der Waals surface area contributed by atoms with Gasteiger partial charge in [0.2, 0.25) is 0 Å². The molecule has 1 aromatic carbocycles. The molecule has 0 aliphatic heterocycles. The molecular weight excluding hydrogens is 324 g/mol. The lowest BCUT2D eigenvalue weighted by atomic mass is 9.74. The van der Waals surface area contributed by atoms with Crippen LogP contribution in [0.4, 0.5) is 0 Å². The maximum atomic E-state index is 6.19. The summed E-state index contributed by atoms with van der Waals surface area (Å²) in [5, 5.41) is 0. The van der Waals surface area contributed by atoms with Crippen molar-refractivity contribution in [2.75, 3.05) is 13.6 Å². The molecule has 3 heteroatoms. The fourth-order valence-corrected chi connectivity index (χ4v) is 4.18. The van der Waals surface area contributed by atoms with Crippen molar-refractivity contribution in [3.05, 3.63) is 34.3 Å². The van der Waals surface area contributed by atoms with E-state index in [2.05, 4.69) is 59.1 Å². The number of likely N-dealkylation sites (N-methyl/N-ethyl adjacent to an activating group) is 1. The molecule has 0 atom stereocenters. The second-order valence-corrected chi connectivity index (χ2v) is 7.56. The van der Waals surface area contributed by atoms with Crippen LogP contribution in [0, 0.1) is 5.92 Å². The number of benzene rings is 1. The van der Waals surface area contributed by atoms with Crippen LogP contribution in [0.15, 0.2) is 28.7 Å². The van der Waals surface area contributed by atoms with E-state index in [1.807, 2.05) is 0 Å². The highest BCUT2D eigenvalue weighted by molar-refractivity contribution is 9.10. The van der Waals surface area contributed by atoms with Crippen LogP contribution in [0.5, 0.6) is 0 Å². The van der Waals surface area contributed by atoms with Gasteiger partial charge in [-0.1, -0.05) is 47.8 Å². The Labute approximate surface area is 138 Å². The van der Waals surface area contributed by atoms with Crippen LogP contribution < -0.4 is 5.73 Å². The summed E-state index contributed by atoms with van der Waals surface area (Å²) in [6.45, 7) is 4.05. The summed E-state index contributed by atoms with van der Waals surface area (Å²) in [5.74, 6) is 0.925. The minimum atomic E-state index is 0.201. The van der Waals surface area contributed by atoms with Crippen LogP contribution in [0.3, 0.4) is 0 Å². The lowest BCUT2D eigenvalue weighted by molar-refractivity contribution is 0.0569. The molecule has 1 fully saturated rings. The third-order valence-corrected chi connectivity index (χ3v) is 5.72. The number of hydrogen-bond acceptors (Lipinski definition) is 2. The van der Waals surface area contributed by atoms with Gasteiger partial charge in [0, 0.05) is 23.1 Å². The molecule has 0 saturated heterocycles. The zero-order valence-electron chi connectivity index (χ0n) is 13.4. The summed E-state index contributed by atoms with van der Waals surface area (Å²) >= 11 is 3.56. The van der Waals surface area contributed by atoms with Crippen LogP contribution in [-0.2, 0) is 6.54 Å². The largest absolute Gasteiger partial charge is 0.329 e. The van der Waals surface area contributed by atoms with E-state index in [1.54, 1.807) is 0 Å². The number of nitrogens with two attached hydrogens (primary N) is 1. The summed E-state index contributed by atoms with van der Waals surface area (Å²) in [7, 11) is 2.24. The second kappa shape index (κ2) is 7.75. The van der Waals surface area contributed by atoms with E-state index >= 15 is 0 Å². The van der Waals surface area contributed by atoms with Gasteiger partial charge < -0.3 is 5.73 Å². The monoisotopic (exact) mass is 352 g/mol. The van der Waals surface area contributed by atoms with E-state index in [-0.39, 0.29) is 5.54 Å². The minimum Gasteiger partial charge on any atom is -0.329 e. The van der Waals surface area contributed by atoms with Gasteiger partial charge in [0.15, 0.2) is 0 Å². The molecule has 0 bridgehead atoms. The number of nitrogens with zero attached hydrogens (tertiary/aromatic N) is 1. The van der Waals surface area contributed by atoms with Gasteiger partial charge in [-0.25, -0.2) is 0 Å². The van der Waals surface area contributed by atoms with Crippen molar-refractivity contribution in [1.82, 2.24) is 4.90 Å². The maximum Gasteiger partial charge on any atom is 0.0332 e. The third kappa shape index (κ3) is 4.30. The van der Waals surface area contributed by atoms with Crippen LogP contribution in [0.1, 0.15) is 51.0 Å². The van der Waals surface area contributed by atoms with Gasteiger partial charge in [0.05, 0.1) is 0 Å². The number of rotatable bonds is 6. The molecule has 118 valence electrons. The summed E-state index contributed by atoms with van der Waals surface area (Å²) in [6, 6.07) is 8.61. The van der Waals surface area contributed by atoms with E-state index in [0.717, 1.165) is 23.5 Å². The first-order valence-electron chi connectivity index (χ1n) is 8.25. The molecule has 1 saturated carbocycles. The van der Waals surface area contributed by atoms with Crippen molar-refractivity contribution in [3.63, 3.8) is 0 Å². The van der Waals surface area contributed by atoms with Gasteiger partial charge in [-0.2, -0.15) is 0 Å². The average Bonchev–Trinajstić information content (AvgIpc) is 2.48. The highest BCUT2D eigenvalue weighted by Gasteiger charge is 2.37. The predicted molar refractivity (Wildman–Crippen MR) is 94.3 cm³/mol. The zero-order chi connectivity index (χ0) is 15.3. The van der Waals surface area contributed by atoms with Crippen molar-refractivity contribution in [3.8, 4) is 0 Å². The first kappa shape index (κ1) is 17.0. The number of hydrogen-bond donors (Lipinski definition) is 1. The SMILES string of the molecule is CCCC1CCC(CN)(N(C)Cc2cccc(Br)c2)CC1. The van der Waals surface area contributed by atoms with Gasteiger partial charge in [-0.15, -0.1) is 0 Å². The lowest BCUT2D eigenvalue weighted by Crippen LogP contribution is -2.53. The molecule has 2 N–H and O–H groups in total. The van der Waals surface area contributed by atoms with Crippen LogP contribution in [0.2, 0.25) is 0 Å². The fourth-order valence-electron chi connectivity index (χ4n) is 3.73. The van der Waals surface area contributed by atoms with Crippen molar-refractivity contribution >= 4 is 15.9 Å². The normalized spacial score (nSPS) is 26.2. The molecule has 0 radical (unpaired) electrons. The summed E-state index contributed by atoms with van der Waals surface area (Å²) < 4.78 is 1.15. The van der Waals surface area contributed by atoms with Gasteiger partial charge in [0.1, 0.15) is 0 Å².